The predicted molar refractivity (Wildman–Crippen MR) is 122 cm³/mol. The van der Waals surface area contributed by atoms with Crippen LogP contribution in [0.5, 0.6) is 5.75 Å². The van der Waals surface area contributed by atoms with E-state index in [-0.39, 0.29) is 24.3 Å². The highest BCUT2D eigenvalue weighted by Crippen LogP contribution is 2.30. The normalized spacial score (nSPS) is 12.9. The predicted octanol–water partition coefficient (Wildman–Crippen LogP) is 4.20. The molecule has 1 aliphatic rings. The van der Waals surface area contributed by atoms with E-state index in [1.54, 1.807) is 29.5 Å². The number of nitrogens with one attached hydrogen (secondary N) is 2. The number of benzene rings is 2. The highest BCUT2D eigenvalue weighted by atomic mass is 32.1. The van der Waals surface area contributed by atoms with Crippen LogP contribution in [0.25, 0.3) is 11.3 Å². The number of aryl methyl sites for hydroxylation is 1. The summed E-state index contributed by atoms with van der Waals surface area (Å²) in [6, 6.07) is 15.4. The average molecular weight is 436 g/mol. The molecule has 0 bridgehead atoms. The van der Waals surface area contributed by atoms with E-state index in [2.05, 4.69) is 45.3 Å². The molecule has 0 aliphatic heterocycles. The lowest BCUT2D eigenvalue weighted by Gasteiger charge is -2.10. The number of anilines is 1. The van der Waals surface area contributed by atoms with Gasteiger partial charge in [0.2, 0.25) is 5.91 Å². The number of carbonyl (C=O) groups excluding carboxylic acids is 2. The van der Waals surface area contributed by atoms with Crippen molar-refractivity contribution < 1.29 is 14.3 Å². The van der Waals surface area contributed by atoms with E-state index >= 15 is 0 Å². The standard InChI is InChI=1S/C24H25N3O3S/c1-16-26-22(15-31-16)18-7-5-17(6-8-18)11-12-25-23(28)14-30-21-4-2-3-20(13-21)27-24(29)19-9-10-19/h2-8,13,15,19H,9-12,14H2,1H3,(H,25,28)(H,27,29). The third-order valence-corrected chi connectivity index (χ3v) is 5.80. The number of hydrogen-bond acceptors (Lipinski definition) is 5. The molecule has 160 valence electrons. The van der Waals surface area contributed by atoms with Crippen molar-refractivity contribution in [2.75, 3.05) is 18.5 Å². The summed E-state index contributed by atoms with van der Waals surface area (Å²) < 4.78 is 5.57. The van der Waals surface area contributed by atoms with Crippen LogP contribution in [0.4, 0.5) is 5.69 Å². The molecular weight excluding hydrogens is 410 g/mol. The second-order valence-corrected chi connectivity index (χ2v) is 8.69. The van der Waals surface area contributed by atoms with Gasteiger partial charge < -0.3 is 15.4 Å². The maximum atomic E-state index is 12.1. The summed E-state index contributed by atoms with van der Waals surface area (Å²) in [6.45, 7) is 2.47. The number of aromatic nitrogens is 1. The van der Waals surface area contributed by atoms with Crippen molar-refractivity contribution in [3.63, 3.8) is 0 Å². The smallest absolute Gasteiger partial charge is 0.257 e. The van der Waals surface area contributed by atoms with Gasteiger partial charge in [-0.3, -0.25) is 9.59 Å². The Morgan fingerprint density at radius 3 is 2.68 bits per heavy atom. The number of thiazole rings is 1. The van der Waals surface area contributed by atoms with Gasteiger partial charge >= 0.3 is 0 Å². The van der Waals surface area contributed by atoms with Gasteiger partial charge in [-0.15, -0.1) is 11.3 Å². The molecule has 7 heteroatoms. The molecule has 1 aromatic heterocycles. The summed E-state index contributed by atoms with van der Waals surface area (Å²) in [4.78, 5) is 28.5. The fourth-order valence-electron chi connectivity index (χ4n) is 3.14. The molecule has 31 heavy (non-hydrogen) atoms. The van der Waals surface area contributed by atoms with E-state index in [9.17, 15) is 9.59 Å². The molecule has 2 N–H and O–H groups in total. The maximum absolute atomic E-state index is 12.1. The summed E-state index contributed by atoms with van der Waals surface area (Å²) in [7, 11) is 0. The fourth-order valence-corrected chi connectivity index (χ4v) is 3.76. The van der Waals surface area contributed by atoms with Gasteiger partial charge in [0.05, 0.1) is 10.7 Å². The van der Waals surface area contributed by atoms with Crippen molar-refractivity contribution in [2.45, 2.75) is 26.2 Å². The molecule has 2 amide bonds. The zero-order valence-corrected chi connectivity index (χ0v) is 18.2. The third-order valence-electron chi connectivity index (χ3n) is 5.02. The number of amides is 2. The number of nitrogens with zero attached hydrogens (tertiary/aromatic N) is 1. The van der Waals surface area contributed by atoms with Gasteiger partial charge in [0.25, 0.3) is 5.91 Å². The molecule has 1 heterocycles. The minimum absolute atomic E-state index is 0.0459. The van der Waals surface area contributed by atoms with Crippen molar-refractivity contribution in [1.82, 2.24) is 10.3 Å². The van der Waals surface area contributed by atoms with E-state index in [0.29, 0.717) is 18.0 Å². The van der Waals surface area contributed by atoms with Crippen LogP contribution in [-0.2, 0) is 16.0 Å². The molecule has 1 saturated carbocycles. The Hall–Kier alpha value is -3.19. The van der Waals surface area contributed by atoms with Gasteiger partial charge in [0.1, 0.15) is 5.75 Å². The Balaban J connectivity index is 1.19. The Labute approximate surface area is 185 Å². The Morgan fingerprint density at radius 2 is 1.97 bits per heavy atom. The number of ether oxygens (including phenoxy) is 1. The van der Waals surface area contributed by atoms with E-state index in [0.717, 1.165) is 41.1 Å². The maximum Gasteiger partial charge on any atom is 0.257 e. The molecule has 1 fully saturated rings. The summed E-state index contributed by atoms with van der Waals surface area (Å²) >= 11 is 1.64. The van der Waals surface area contributed by atoms with Crippen molar-refractivity contribution in [3.05, 3.63) is 64.5 Å². The molecule has 4 rings (SSSR count). The van der Waals surface area contributed by atoms with Gasteiger partial charge in [-0.25, -0.2) is 4.98 Å². The van der Waals surface area contributed by atoms with Gasteiger partial charge in [-0.05, 0) is 43.9 Å². The van der Waals surface area contributed by atoms with Crippen LogP contribution in [0.2, 0.25) is 0 Å². The van der Waals surface area contributed by atoms with Crippen LogP contribution in [0.3, 0.4) is 0 Å². The summed E-state index contributed by atoms with van der Waals surface area (Å²) in [5.74, 6) is 0.561. The zero-order valence-electron chi connectivity index (χ0n) is 17.4. The minimum Gasteiger partial charge on any atom is -0.484 e. The van der Waals surface area contributed by atoms with Crippen molar-refractivity contribution in [2.24, 2.45) is 5.92 Å². The lowest BCUT2D eigenvalue weighted by atomic mass is 10.1. The topological polar surface area (TPSA) is 80.3 Å². The first kappa shape index (κ1) is 21.1. The molecule has 1 aliphatic carbocycles. The average Bonchev–Trinajstić information content (AvgIpc) is 3.54. The fraction of sp³-hybridized carbons (Fsp3) is 0.292. The summed E-state index contributed by atoms with van der Waals surface area (Å²) in [6.07, 6.45) is 2.65. The Morgan fingerprint density at radius 1 is 1.16 bits per heavy atom. The monoisotopic (exact) mass is 435 g/mol. The van der Waals surface area contributed by atoms with Gasteiger partial charge in [0, 0.05) is 35.2 Å². The number of hydrogen-bond donors (Lipinski definition) is 2. The second kappa shape index (κ2) is 9.75. The molecule has 2 aromatic carbocycles. The first-order valence-electron chi connectivity index (χ1n) is 10.4. The molecule has 0 unspecified atom stereocenters. The largest absolute Gasteiger partial charge is 0.484 e. The third kappa shape index (κ3) is 6.15. The molecular formula is C24H25N3O3S. The van der Waals surface area contributed by atoms with Crippen LogP contribution in [0, 0.1) is 12.8 Å². The van der Waals surface area contributed by atoms with Crippen LogP contribution >= 0.6 is 11.3 Å². The Bertz CT molecular complexity index is 1060. The molecule has 0 spiro atoms. The Kier molecular flexibility index (Phi) is 6.62. The van der Waals surface area contributed by atoms with Crippen LogP contribution in [0.15, 0.2) is 53.9 Å². The molecule has 0 atom stereocenters. The summed E-state index contributed by atoms with van der Waals surface area (Å²) in [5, 5.41) is 8.86. The molecule has 3 aromatic rings. The van der Waals surface area contributed by atoms with E-state index in [1.165, 1.54) is 0 Å². The minimum atomic E-state index is -0.179. The zero-order chi connectivity index (χ0) is 21.6. The summed E-state index contributed by atoms with van der Waals surface area (Å²) in [5.41, 5.74) is 3.93. The molecule has 0 saturated heterocycles. The highest BCUT2D eigenvalue weighted by molar-refractivity contribution is 7.09. The highest BCUT2D eigenvalue weighted by Gasteiger charge is 2.29. The van der Waals surface area contributed by atoms with E-state index in [1.807, 2.05) is 13.0 Å². The number of rotatable bonds is 9. The van der Waals surface area contributed by atoms with Crippen LogP contribution in [0.1, 0.15) is 23.4 Å². The van der Waals surface area contributed by atoms with Gasteiger partial charge in [-0.2, -0.15) is 0 Å². The first-order chi connectivity index (χ1) is 15.1. The van der Waals surface area contributed by atoms with E-state index in [4.69, 9.17) is 4.74 Å². The van der Waals surface area contributed by atoms with Crippen molar-refractivity contribution in [1.29, 1.82) is 0 Å². The second-order valence-electron chi connectivity index (χ2n) is 7.63. The molecule has 0 radical (unpaired) electrons. The van der Waals surface area contributed by atoms with E-state index < -0.39 is 0 Å². The van der Waals surface area contributed by atoms with Crippen molar-refractivity contribution >= 4 is 28.8 Å². The van der Waals surface area contributed by atoms with Gasteiger partial charge in [-0.1, -0.05) is 30.3 Å². The van der Waals surface area contributed by atoms with Crippen molar-refractivity contribution in [3.8, 4) is 17.0 Å². The molecule has 6 nitrogen and oxygen atoms in total. The number of carbonyl (C=O) groups is 2. The quantitative estimate of drug-likeness (QED) is 0.528. The van der Waals surface area contributed by atoms with Crippen LogP contribution < -0.4 is 15.4 Å². The van der Waals surface area contributed by atoms with Crippen LogP contribution in [-0.4, -0.2) is 29.9 Å². The first-order valence-corrected chi connectivity index (χ1v) is 11.3. The SMILES string of the molecule is Cc1nc(-c2ccc(CCNC(=O)COc3cccc(NC(=O)C4CC4)c3)cc2)cs1. The lowest BCUT2D eigenvalue weighted by Crippen LogP contribution is -2.30. The lowest BCUT2D eigenvalue weighted by molar-refractivity contribution is -0.123. The van der Waals surface area contributed by atoms with Gasteiger partial charge in [0.15, 0.2) is 6.61 Å².